The molecule has 2 aliphatic carbocycles. The normalized spacial score (nSPS) is 23.6. The molecule has 1 saturated heterocycles. The van der Waals surface area contributed by atoms with E-state index in [0.717, 1.165) is 11.1 Å². The van der Waals surface area contributed by atoms with Crippen molar-refractivity contribution in [2.24, 2.45) is 17.1 Å². The summed E-state index contributed by atoms with van der Waals surface area (Å²) >= 11 is 0. The number of hydrogen-bond acceptors (Lipinski definition) is 9. The molecule has 3 amide bonds. The van der Waals surface area contributed by atoms with E-state index in [4.69, 9.17) is 20.4 Å². The molecule has 4 aromatic rings. The number of aromatic nitrogens is 2. The van der Waals surface area contributed by atoms with Crippen LogP contribution in [0.5, 0.6) is 5.88 Å². The molecule has 1 aliphatic heterocycles. The van der Waals surface area contributed by atoms with Gasteiger partial charge in [-0.3, -0.25) is 19.1 Å². The van der Waals surface area contributed by atoms with Crippen LogP contribution in [-0.2, 0) is 30.8 Å². The van der Waals surface area contributed by atoms with Crippen molar-refractivity contribution in [1.29, 1.82) is 0 Å². The molecule has 54 heavy (non-hydrogen) atoms. The van der Waals surface area contributed by atoms with Gasteiger partial charge in [-0.15, -0.1) is 6.58 Å². The minimum atomic E-state index is -4.11. The Morgan fingerprint density at radius 1 is 1.00 bits per heavy atom. The summed E-state index contributed by atoms with van der Waals surface area (Å²) in [6.07, 6.45) is 2.19. The second-order valence-corrected chi connectivity index (χ2v) is 17.9. The lowest BCUT2D eigenvalue weighted by Gasteiger charge is -2.33. The summed E-state index contributed by atoms with van der Waals surface area (Å²) in [5.41, 5.74) is 6.61. The van der Waals surface area contributed by atoms with Crippen molar-refractivity contribution in [3.8, 4) is 17.3 Å². The number of fused-ring (bicyclic) bond motifs is 1. The number of nitrogens with one attached hydrogen (secondary N) is 2. The van der Waals surface area contributed by atoms with Crippen molar-refractivity contribution in [1.82, 2.24) is 24.9 Å². The van der Waals surface area contributed by atoms with Gasteiger partial charge in [0.1, 0.15) is 17.7 Å². The third-order valence-corrected chi connectivity index (χ3v) is 13.1. The number of likely N-dealkylation sites (tertiary alicyclic amines) is 1. The van der Waals surface area contributed by atoms with Gasteiger partial charge in [0, 0.05) is 17.9 Å². The maximum Gasteiger partial charge on any atom is 0.259 e. The number of para-hydroxylation sites is 1. The summed E-state index contributed by atoms with van der Waals surface area (Å²) in [6, 6.07) is 24.2. The molecule has 3 fully saturated rings. The highest BCUT2D eigenvalue weighted by molar-refractivity contribution is 7.91. The lowest BCUT2D eigenvalue weighted by Crippen LogP contribution is -2.59. The summed E-state index contributed by atoms with van der Waals surface area (Å²) < 4.78 is 35.2. The van der Waals surface area contributed by atoms with Gasteiger partial charge < -0.3 is 20.7 Å². The van der Waals surface area contributed by atoms with Crippen LogP contribution in [0.1, 0.15) is 52.0 Å². The van der Waals surface area contributed by atoms with E-state index in [0.29, 0.717) is 35.4 Å². The zero-order valence-electron chi connectivity index (χ0n) is 30.7. The fraction of sp³-hybridized carbons (Fsp3) is 0.390. The van der Waals surface area contributed by atoms with Gasteiger partial charge in [0.2, 0.25) is 27.7 Å². The smallest absolute Gasteiger partial charge is 0.259 e. The van der Waals surface area contributed by atoms with Crippen molar-refractivity contribution in [2.75, 3.05) is 6.54 Å². The van der Waals surface area contributed by atoms with E-state index in [9.17, 15) is 22.8 Å². The molecule has 5 atom stereocenters. The highest BCUT2D eigenvalue weighted by atomic mass is 32.2. The van der Waals surface area contributed by atoms with Gasteiger partial charge in [-0.1, -0.05) is 99.6 Å². The number of nitrogens with zero attached hydrogens (tertiary/aromatic N) is 3. The third kappa shape index (κ3) is 7.09. The van der Waals surface area contributed by atoms with E-state index in [2.05, 4.69) is 16.6 Å². The first-order valence-electron chi connectivity index (χ1n) is 18.3. The number of carbonyl (C=O) groups is 3. The summed E-state index contributed by atoms with van der Waals surface area (Å²) in [5.74, 6) is -1.63. The summed E-state index contributed by atoms with van der Waals surface area (Å²) in [4.78, 5) is 53.2. The Bertz CT molecular complexity index is 2210. The molecule has 1 aromatic heterocycles. The van der Waals surface area contributed by atoms with Gasteiger partial charge in [0.25, 0.3) is 5.91 Å². The lowest BCUT2D eigenvalue weighted by molar-refractivity contribution is -0.142. The molecule has 12 nitrogen and oxygen atoms in total. The van der Waals surface area contributed by atoms with Gasteiger partial charge >= 0.3 is 0 Å². The number of sulfonamides is 1. The van der Waals surface area contributed by atoms with Crippen molar-refractivity contribution < 1.29 is 27.5 Å². The Morgan fingerprint density at radius 3 is 2.28 bits per heavy atom. The Hall–Kier alpha value is -5.14. The quantitative estimate of drug-likeness (QED) is 0.179. The van der Waals surface area contributed by atoms with Crippen LogP contribution in [0.4, 0.5) is 0 Å². The predicted octanol–water partition coefficient (Wildman–Crippen LogP) is 4.30. The second-order valence-electron chi connectivity index (χ2n) is 15.8. The highest BCUT2D eigenvalue weighted by Gasteiger charge is 2.63. The molecule has 282 valence electrons. The minimum Gasteiger partial charge on any atom is -0.472 e. The van der Waals surface area contributed by atoms with Gasteiger partial charge in [0.15, 0.2) is 5.82 Å². The van der Waals surface area contributed by atoms with Crippen LogP contribution in [0.15, 0.2) is 97.6 Å². The zero-order valence-corrected chi connectivity index (χ0v) is 31.5. The monoisotopic (exact) mass is 750 g/mol. The fourth-order valence-corrected chi connectivity index (χ4v) is 8.88. The molecule has 2 saturated carbocycles. The average molecular weight is 751 g/mol. The summed E-state index contributed by atoms with van der Waals surface area (Å²) in [7, 11) is -4.11. The minimum absolute atomic E-state index is 0.0279. The molecule has 4 N–H and O–H groups in total. The lowest BCUT2D eigenvalue weighted by atomic mass is 9.86. The molecule has 0 bridgehead atoms. The maximum atomic E-state index is 14.3. The standard InChI is InChI=1S/C41H46N6O6S/c1-5-28-24-41(28,38(50)46-54(51,52)40(20-21-40)23-26-14-8-6-9-15-26)45-35(48)32-22-29(25-47(32)37(49)33(42)39(2,3)4)53-36-30-18-12-13-19-31(30)43-34(44-36)27-16-10-7-11-17-27/h5-19,28-29,32-33H,1,20-25,42H2,2-4H3,(H,45,48)(H,46,50)/t28-,29-,32+,33-,41-/m1/s1. The van der Waals surface area contributed by atoms with Crippen LogP contribution in [-0.4, -0.2) is 76.0 Å². The van der Waals surface area contributed by atoms with E-state index < -0.39 is 67.6 Å². The molecule has 0 unspecified atom stereocenters. The van der Waals surface area contributed by atoms with Crippen LogP contribution in [0.25, 0.3) is 22.3 Å². The second kappa shape index (κ2) is 13.9. The molecule has 0 radical (unpaired) electrons. The molecular weight excluding hydrogens is 705 g/mol. The number of carbonyl (C=O) groups excluding carboxylic acids is 3. The van der Waals surface area contributed by atoms with Crippen LogP contribution in [0.3, 0.4) is 0 Å². The van der Waals surface area contributed by atoms with Crippen molar-refractivity contribution in [3.05, 3.63) is 103 Å². The van der Waals surface area contributed by atoms with E-state index in [1.165, 1.54) is 11.0 Å². The van der Waals surface area contributed by atoms with Crippen LogP contribution in [0.2, 0.25) is 0 Å². The summed E-state index contributed by atoms with van der Waals surface area (Å²) in [6.45, 7) is 9.39. The van der Waals surface area contributed by atoms with Crippen molar-refractivity contribution in [3.63, 3.8) is 0 Å². The first kappa shape index (κ1) is 37.2. The molecule has 2 heterocycles. The SMILES string of the molecule is C=C[C@@H]1C[C@]1(NC(=O)[C@@H]1C[C@@H](Oc2nc(-c3ccccc3)nc3ccccc23)CN1C(=O)[C@@H](N)C(C)(C)C)C(=O)NS(=O)(=O)C1(Cc2ccccc2)CC1. The number of nitrogens with two attached hydrogens (primary N) is 1. The van der Waals surface area contributed by atoms with Gasteiger partial charge in [-0.2, -0.15) is 4.98 Å². The maximum absolute atomic E-state index is 14.3. The number of rotatable bonds is 12. The molecule has 3 aromatic carbocycles. The average Bonchev–Trinajstić information content (AvgIpc) is 4.06. The Balaban J connectivity index is 1.14. The highest BCUT2D eigenvalue weighted by Crippen LogP contribution is 2.48. The number of amides is 3. The number of benzene rings is 3. The molecular formula is C41H46N6O6S. The Morgan fingerprint density at radius 2 is 1.65 bits per heavy atom. The van der Waals surface area contributed by atoms with Crippen LogP contribution in [0, 0.1) is 11.3 Å². The van der Waals surface area contributed by atoms with Crippen molar-refractivity contribution >= 4 is 38.6 Å². The zero-order chi connectivity index (χ0) is 38.5. The van der Waals surface area contributed by atoms with Crippen LogP contribution < -0.4 is 20.5 Å². The van der Waals surface area contributed by atoms with E-state index in [-0.39, 0.29) is 25.8 Å². The fourth-order valence-electron chi connectivity index (χ4n) is 7.24. The topological polar surface area (TPSA) is 174 Å². The van der Waals surface area contributed by atoms with Crippen LogP contribution >= 0.6 is 0 Å². The van der Waals surface area contributed by atoms with Gasteiger partial charge in [-0.05, 0) is 48.8 Å². The first-order chi connectivity index (χ1) is 25.7. The number of hydrogen-bond donors (Lipinski definition) is 3. The van der Waals surface area contributed by atoms with Gasteiger partial charge in [0.05, 0.1) is 28.2 Å². The largest absolute Gasteiger partial charge is 0.472 e. The van der Waals surface area contributed by atoms with Gasteiger partial charge in [-0.25, -0.2) is 13.4 Å². The first-order valence-corrected chi connectivity index (χ1v) is 19.7. The Labute approximate surface area is 315 Å². The van der Waals surface area contributed by atoms with Crippen molar-refractivity contribution in [2.45, 2.75) is 81.3 Å². The van der Waals surface area contributed by atoms with E-state index in [1.54, 1.807) is 0 Å². The van der Waals surface area contributed by atoms with E-state index >= 15 is 0 Å². The number of ether oxygens (including phenoxy) is 1. The molecule has 3 aliphatic rings. The summed E-state index contributed by atoms with van der Waals surface area (Å²) in [5, 5.41) is 3.52. The molecule has 13 heteroatoms. The Kier molecular flexibility index (Phi) is 9.59. The molecule has 7 rings (SSSR count). The molecule has 0 spiro atoms. The predicted molar refractivity (Wildman–Crippen MR) is 205 cm³/mol. The third-order valence-electron chi connectivity index (χ3n) is 11.0. The van der Waals surface area contributed by atoms with E-state index in [1.807, 2.05) is 106 Å².